The summed E-state index contributed by atoms with van der Waals surface area (Å²) in [7, 11) is 0. The van der Waals surface area contributed by atoms with Gasteiger partial charge >= 0.3 is 5.88 Å². The lowest BCUT2D eigenvalue weighted by Crippen LogP contribution is -2.25. The third-order valence-electron chi connectivity index (χ3n) is 5.11. The fraction of sp³-hybridized carbons (Fsp3) is 0.158. The number of furan rings is 1. The molecule has 7 nitrogen and oxygen atoms in total. The standard InChI is InChI=1S/C19H12N2O5/c22-12-6-5-11-15(12)16(13-7-8-14(26-13)21(24)25)17-18(20-11)9-3-1-2-4-10(9)19(17)23/h1-4,7-8,16,20H,5-6H2. The molecule has 2 heterocycles. The second kappa shape index (κ2) is 5.01. The zero-order chi connectivity index (χ0) is 18.0. The molecule has 1 unspecified atom stereocenters. The molecule has 3 aliphatic rings. The summed E-state index contributed by atoms with van der Waals surface area (Å²) in [5, 5.41) is 14.3. The molecule has 1 N–H and O–H groups in total. The molecule has 0 bridgehead atoms. The smallest absolute Gasteiger partial charge is 0.405 e. The van der Waals surface area contributed by atoms with Gasteiger partial charge in [-0.05, 0) is 12.5 Å². The van der Waals surface area contributed by atoms with Crippen LogP contribution in [0.2, 0.25) is 0 Å². The van der Waals surface area contributed by atoms with E-state index in [2.05, 4.69) is 5.32 Å². The Morgan fingerprint density at radius 3 is 2.54 bits per heavy atom. The number of benzene rings is 1. The zero-order valence-electron chi connectivity index (χ0n) is 13.4. The fourth-order valence-electron chi connectivity index (χ4n) is 4.03. The second-order valence-electron chi connectivity index (χ2n) is 6.47. The first-order valence-electron chi connectivity index (χ1n) is 8.22. The summed E-state index contributed by atoms with van der Waals surface area (Å²) in [4.78, 5) is 35.9. The Morgan fingerprint density at radius 2 is 1.81 bits per heavy atom. The normalized spacial score (nSPS) is 20.8. The average Bonchev–Trinajstić information content (AvgIpc) is 3.33. The highest BCUT2D eigenvalue weighted by atomic mass is 16.6. The van der Waals surface area contributed by atoms with Crippen molar-refractivity contribution in [3.8, 4) is 0 Å². The number of dihydropyridines is 1. The highest BCUT2D eigenvalue weighted by Crippen LogP contribution is 2.49. The Labute approximate surface area is 147 Å². The molecule has 1 aromatic carbocycles. The molecule has 1 aliphatic heterocycles. The molecule has 1 aromatic heterocycles. The molecule has 0 fully saturated rings. The van der Waals surface area contributed by atoms with Crippen molar-refractivity contribution < 1.29 is 18.9 Å². The van der Waals surface area contributed by atoms with Crippen LogP contribution < -0.4 is 5.32 Å². The van der Waals surface area contributed by atoms with Crippen molar-refractivity contribution in [3.63, 3.8) is 0 Å². The van der Waals surface area contributed by atoms with Crippen LogP contribution in [0, 0.1) is 10.1 Å². The van der Waals surface area contributed by atoms with Crippen LogP contribution in [0.5, 0.6) is 0 Å². The third kappa shape index (κ3) is 1.82. The summed E-state index contributed by atoms with van der Waals surface area (Å²) in [6, 6.07) is 9.96. The number of carbonyl (C=O) groups excluding carboxylic acids is 2. The number of rotatable bonds is 2. The van der Waals surface area contributed by atoms with Crippen LogP contribution in [-0.2, 0) is 4.79 Å². The van der Waals surface area contributed by atoms with Crippen molar-refractivity contribution in [3.05, 3.63) is 80.2 Å². The molecule has 0 saturated heterocycles. The Bertz CT molecular complexity index is 1090. The molecule has 7 heteroatoms. The lowest BCUT2D eigenvalue weighted by atomic mass is 9.83. The van der Waals surface area contributed by atoms with Gasteiger partial charge in [-0.2, -0.15) is 0 Å². The van der Waals surface area contributed by atoms with Crippen LogP contribution >= 0.6 is 0 Å². The molecule has 1 atom stereocenters. The van der Waals surface area contributed by atoms with Crippen molar-refractivity contribution in [2.24, 2.45) is 0 Å². The van der Waals surface area contributed by atoms with Crippen molar-refractivity contribution in [2.45, 2.75) is 18.8 Å². The van der Waals surface area contributed by atoms with Crippen molar-refractivity contribution >= 4 is 23.1 Å². The maximum atomic E-state index is 13.0. The fourth-order valence-corrected chi connectivity index (χ4v) is 4.03. The lowest BCUT2D eigenvalue weighted by molar-refractivity contribution is -0.402. The van der Waals surface area contributed by atoms with Crippen molar-refractivity contribution in [2.75, 3.05) is 0 Å². The molecule has 0 radical (unpaired) electrons. The van der Waals surface area contributed by atoms with Gasteiger partial charge in [0.05, 0.1) is 17.7 Å². The van der Waals surface area contributed by atoms with E-state index in [0.29, 0.717) is 35.2 Å². The molecule has 2 aliphatic carbocycles. The van der Waals surface area contributed by atoms with Gasteiger partial charge in [-0.3, -0.25) is 19.7 Å². The first-order valence-corrected chi connectivity index (χ1v) is 8.22. The quantitative estimate of drug-likeness (QED) is 0.661. The van der Waals surface area contributed by atoms with Gasteiger partial charge in [0.15, 0.2) is 11.6 Å². The van der Waals surface area contributed by atoms with Crippen LogP contribution in [0.1, 0.15) is 40.4 Å². The van der Waals surface area contributed by atoms with E-state index in [1.807, 2.05) is 12.1 Å². The number of fused-ring (bicyclic) bond motifs is 2. The zero-order valence-corrected chi connectivity index (χ0v) is 13.4. The van der Waals surface area contributed by atoms with Gasteiger partial charge in [-0.15, -0.1) is 0 Å². The predicted octanol–water partition coefficient (Wildman–Crippen LogP) is 3.10. The number of Topliss-reactive ketones (excluding diaryl/α,β-unsaturated/α-hetero) is 2. The summed E-state index contributed by atoms with van der Waals surface area (Å²) in [6.07, 6.45) is 0.911. The topological polar surface area (TPSA) is 102 Å². The second-order valence-corrected chi connectivity index (χ2v) is 6.47. The van der Waals surface area contributed by atoms with E-state index < -0.39 is 16.7 Å². The van der Waals surface area contributed by atoms with Crippen LogP contribution in [0.25, 0.3) is 5.70 Å². The van der Waals surface area contributed by atoms with Gasteiger partial charge in [0.1, 0.15) is 10.7 Å². The Hall–Kier alpha value is -3.48. The van der Waals surface area contributed by atoms with E-state index in [1.54, 1.807) is 12.1 Å². The number of hydrogen-bond donors (Lipinski definition) is 1. The van der Waals surface area contributed by atoms with Crippen molar-refractivity contribution in [1.82, 2.24) is 5.32 Å². The minimum absolute atomic E-state index is 0.0631. The number of nitrogens with zero attached hydrogens (tertiary/aromatic N) is 1. The minimum Gasteiger partial charge on any atom is -0.405 e. The first-order chi connectivity index (χ1) is 12.6. The molecule has 0 saturated carbocycles. The van der Waals surface area contributed by atoms with Gasteiger partial charge in [0.25, 0.3) is 0 Å². The van der Waals surface area contributed by atoms with E-state index >= 15 is 0 Å². The molecular weight excluding hydrogens is 336 g/mol. The molecule has 0 spiro atoms. The molecule has 0 amide bonds. The lowest BCUT2D eigenvalue weighted by Gasteiger charge is -2.25. The summed E-state index contributed by atoms with van der Waals surface area (Å²) in [5.41, 5.74) is 3.68. The Kier molecular flexibility index (Phi) is 2.86. The highest BCUT2D eigenvalue weighted by molar-refractivity contribution is 6.23. The van der Waals surface area contributed by atoms with Gasteiger partial charge in [0.2, 0.25) is 0 Å². The maximum Gasteiger partial charge on any atom is 0.433 e. The summed E-state index contributed by atoms with van der Waals surface area (Å²) >= 11 is 0. The van der Waals surface area contributed by atoms with Crippen LogP contribution in [0.3, 0.4) is 0 Å². The predicted molar refractivity (Wildman–Crippen MR) is 90.2 cm³/mol. The molecule has 2 aromatic rings. The number of nitro groups is 1. The molecule has 128 valence electrons. The molecule has 26 heavy (non-hydrogen) atoms. The van der Waals surface area contributed by atoms with E-state index in [4.69, 9.17) is 4.42 Å². The number of nitrogens with one attached hydrogen (secondary N) is 1. The minimum atomic E-state index is -0.718. The maximum absolute atomic E-state index is 13.0. The van der Waals surface area contributed by atoms with Crippen LogP contribution in [0.15, 0.2) is 57.7 Å². The number of allylic oxidation sites excluding steroid dienone is 3. The third-order valence-corrected chi connectivity index (χ3v) is 5.11. The number of carbonyl (C=O) groups is 2. The van der Waals surface area contributed by atoms with Gasteiger partial charge in [0, 0.05) is 34.4 Å². The van der Waals surface area contributed by atoms with E-state index in [1.165, 1.54) is 12.1 Å². The number of ketones is 2. The van der Waals surface area contributed by atoms with Crippen LogP contribution in [-0.4, -0.2) is 16.5 Å². The van der Waals surface area contributed by atoms with E-state index in [-0.39, 0.29) is 17.3 Å². The molecular formula is C19H12N2O5. The van der Waals surface area contributed by atoms with Crippen molar-refractivity contribution in [1.29, 1.82) is 0 Å². The largest absolute Gasteiger partial charge is 0.433 e. The SMILES string of the molecule is O=C1CCC2=C1C(c1ccc([N+](=O)[O-])o1)C1=C(N2)c2ccccc2C1=O. The highest BCUT2D eigenvalue weighted by Gasteiger charge is 2.46. The van der Waals surface area contributed by atoms with Crippen LogP contribution in [0.4, 0.5) is 5.88 Å². The summed E-state index contributed by atoms with van der Waals surface area (Å²) in [6.45, 7) is 0. The summed E-state index contributed by atoms with van der Waals surface area (Å²) < 4.78 is 5.40. The van der Waals surface area contributed by atoms with Gasteiger partial charge in [-0.25, -0.2) is 0 Å². The monoisotopic (exact) mass is 348 g/mol. The van der Waals surface area contributed by atoms with Gasteiger partial charge in [-0.1, -0.05) is 24.3 Å². The number of hydrogen-bond acceptors (Lipinski definition) is 6. The first kappa shape index (κ1) is 14.8. The van der Waals surface area contributed by atoms with Gasteiger partial charge < -0.3 is 9.73 Å². The Morgan fingerprint density at radius 1 is 1.04 bits per heavy atom. The Balaban J connectivity index is 1.73. The average molecular weight is 348 g/mol. The van der Waals surface area contributed by atoms with E-state index in [9.17, 15) is 19.7 Å². The molecule has 5 rings (SSSR count). The summed E-state index contributed by atoms with van der Waals surface area (Å²) in [5.74, 6) is -1.12. The van der Waals surface area contributed by atoms with E-state index in [0.717, 1.165) is 11.3 Å².